The Bertz CT molecular complexity index is 1540. The van der Waals surface area contributed by atoms with Crippen molar-refractivity contribution < 1.29 is 13.9 Å². The summed E-state index contributed by atoms with van der Waals surface area (Å²) in [6.45, 7) is 1.65. The quantitative estimate of drug-likeness (QED) is 0.267. The lowest BCUT2D eigenvalue weighted by atomic mass is 10.1. The van der Waals surface area contributed by atoms with Crippen molar-refractivity contribution in [1.82, 2.24) is 14.3 Å². The largest absolute Gasteiger partial charge is 0.376 e. The summed E-state index contributed by atoms with van der Waals surface area (Å²) >= 11 is 1.59. The summed E-state index contributed by atoms with van der Waals surface area (Å²) in [7, 11) is 0. The summed E-state index contributed by atoms with van der Waals surface area (Å²) in [6.07, 6.45) is 4.61. The summed E-state index contributed by atoms with van der Waals surface area (Å²) < 4.78 is 22.3. The molecular weight excluding hydrogens is 473 g/mol. The number of nitrogens with zero attached hydrogens (tertiary/aromatic N) is 3. The molecule has 5 nitrogen and oxygen atoms in total. The van der Waals surface area contributed by atoms with Crippen molar-refractivity contribution in [3.8, 4) is 11.3 Å². The van der Waals surface area contributed by atoms with E-state index in [2.05, 4.69) is 46.3 Å². The molecule has 36 heavy (non-hydrogen) atoms. The number of imidazole rings is 1. The molecule has 2 aromatic heterocycles. The van der Waals surface area contributed by atoms with Crippen LogP contribution in [0, 0.1) is 5.82 Å². The predicted molar refractivity (Wildman–Crippen MR) is 141 cm³/mol. The lowest BCUT2D eigenvalue weighted by Gasteiger charge is -2.25. The average molecular weight is 500 g/mol. The fourth-order valence-electron chi connectivity index (χ4n) is 4.86. The fourth-order valence-corrected chi connectivity index (χ4v) is 5.77. The van der Waals surface area contributed by atoms with E-state index >= 15 is 0 Å². The lowest BCUT2D eigenvalue weighted by molar-refractivity contribution is 0.0524. The topological polar surface area (TPSA) is 46.8 Å². The van der Waals surface area contributed by atoms with E-state index in [-0.39, 0.29) is 17.6 Å². The number of benzene rings is 3. The molecule has 1 fully saturated rings. The van der Waals surface area contributed by atoms with Gasteiger partial charge in [0, 0.05) is 49.0 Å². The summed E-state index contributed by atoms with van der Waals surface area (Å²) in [4.78, 5) is 20.8. The number of ether oxygens (including phenoxy) is 1. The average Bonchev–Trinajstić information content (AvgIpc) is 3.65. The number of aromatic nitrogens is 2. The molecular formula is C29H26FN3O2S. The molecule has 0 bridgehead atoms. The van der Waals surface area contributed by atoms with Crippen LogP contribution in [0.2, 0.25) is 0 Å². The highest BCUT2D eigenvalue weighted by Gasteiger charge is 2.25. The number of thiazole rings is 1. The molecule has 3 heterocycles. The van der Waals surface area contributed by atoms with Crippen LogP contribution in [-0.4, -0.2) is 46.0 Å². The summed E-state index contributed by atoms with van der Waals surface area (Å²) in [6, 6.07) is 20.9. The molecule has 0 N–H and O–H groups in total. The number of amides is 1. The SMILES string of the molecule is O=C(c1ccccc1F)N(CCc1csc2nc(-c3ccc4ccccc4c3)cn12)CC1CCCO1. The van der Waals surface area contributed by atoms with Gasteiger partial charge in [-0.15, -0.1) is 11.3 Å². The maximum absolute atomic E-state index is 14.4. The van der Waals surface area contributed by atoms with Crippen LogP contribution in [0.5, 0.6) is 0 Å². The van der Waals surface area contributed by atoms with Crippen LogP contribution in [0.3, 0.4) is 0 Å². The molecule has 0 spiro atoms. The lowest BCUT2D eigenvalue weighted by Crippen LogP contribution is -2.39. The first-order valence-electron chi connectivity index (χ1n) is 12.3. The summed E-state index contributed by atoms with van der Waals surface area (Å²) in [5, 5.41) is 4.47. The molecule has 7 heteroatoms. The highest BCUT2D eigenvalue weighted by atomic mass is 32.1. The molecule has 1 aliphatic rings. The van der Waals surface area contributed by atoms with E-state index in [1.165, 1.54) is 16.8 Å². The minimum Gasteiger partial charge on any atom is -0.376 e. The molecule has 1 atom stereocenters. The zero-order chi connectivity index (χ0) is 24.5. The molecule has 6 rings (SSSR count). The number of carbonyl (C=O) groups is 1. The molecule has 1 unspecified atom stereocenters. The molecule has 1 saturated heterocycles. The third kappa shape index (κ3) is 4.52. The van der Waals surface area contributed by atoms with Crippen molar-refractivity contribution in [1.29, 1.82) is 0 Å². The Morgan fingerprint density at radius 1 is 1.11 bits per heavy atom. The van der Waals surface area contributed by atoms with Gasteiger partial charge >= 0.3 is 0 Å². The van der Waals surface area contributed by atoms with Crippen LogP contribution in [0.1, 0.15) is 28.9 Å². The standard InChI is InChI=1S/C29H26FN3O2S/c30-26-10-4-3-9-25(26)28(34)32(17-24-8-5-15-35-24)14-13-23-19-36-29-31-27(18-33(23)29)22-12-11-20-6-1-2-7-21(20)16-22/h1-4,6-7,9-12,16,18-19,24H,5,8,13-15,17H2. The van der Waals surface area contributed by atoms with Crippen LogP contribution in [0.25, 0.3) is 27.0 Å². The van der Waals surface area contributed by atoms with Crippen molar-refractivity contribution in [2.75, 3.05) is 19.7 Å². The zero-order valence-electron chi connectivity index (χ0n) is 19.8. The molecule has 1 aliphatic heterocycles. The second kappa shape index (κ2) is 9.84. The van der Waals surface area contributed by atoms with Gasteiger partial charge in [-0.25, -0.2) is 9.37 Å². The van der Waals surface area contributed by atoms with E-state index in [1.54, 1.807) is 34.4 Å². The minimum absolute atomic E-state index is 0.00373. The number of hydrogen-bond donors (Lipinski definition) is 0. The molecule has 0 saturated carbocycles. The van der Waals surface area contributed by atoms with Crippen LogP contribution >= 0.6 is 11.3 Å². The van der Waals surface area contributed by atoms with E-state index < -0.39 is 5.82 Å². The predicted octanol–water partition coefficient (Wildman–Crippen LogP) is 6.22. The first-order chi connectivity index (χ1) is 17.7. The van der Waals surface area contributed by atoms with Gasteiger partial charge in [0.25, 0.3) is 5.91 Å². The second-order valence-corrected chi connectivity index (χ2v) is 10.0. The van der Waals surface area contributed by atoms with Gasteiger partial charge in [-0.3, -0.25) is 9.20 Å². The Balaban J connectivity index is 1.24. The summed E-state index contributed by atoms with van der Waals surface area (Å²) in [5.41, 5.74) is 3.18. The normalized spacial score (nSPS) is 15.6. The van der Waals surface area contributed by atoms with Crippen LogP contribution in [0.4, 0.5) is 4.39 Å². The van der Waals surface area contributed by atoms with Crippen molar-refractivity contribution >= 4 is 33.0 Å². The Morgan fingerprint density at radius 3 is 2.78 bits per heavy atom. The van der Waals surface area contributed by atoms with Crippen molar-refractivity contribution in [3.63, 3.8) is 0 Å². The van der Waals surface area contributed by atoms with E-state index in [1.807, 2.05) is 12.1 Å². The third-order valence-corrected chi connectivity index (χ3v) is 7.69. The van der Waals surface area contributed by atoms with Gasteiger partial charge in [0.15, 0.2) is 4.96 Å². The van der Waals surface area contributed by atoms with Crippen LogP contribution in [0.15, 0.2) is 78.3 Å². The molecule has 182 valence electrons. The number of halogens is 1. The van der Waals surface area contributed by atoms with Gasteiger partial charge in [-0.05, 0) is 41.8 Å². The fraction of sp³-hybridized carbons (Fsp3) is 0.241. The van der Waals surface area contributed by atoms with Gasteiger partial charge < -0.3 is 9.64 Å². The number of fused-ring (bicyclic) bond motifs is 2. The van der Waals surface area contributed by atoms with E-state index in [0.29, 0.717) is 26.1 Å². The van der Waals surface area contributed by atoms with Gasteiger partial charge in [-0.2, -0.15) is 0 Å². The Kier molecular flexibility index (Phi) is 6.25. The number of carbonyl (C=O) groups excluding carboxylic acids is 1. The van der Waals surface area contributed by atoms with Gasteiger partial charge in [-0.1, -0.05) is 48.5 Å². The van der Waals surface area contributed by atoms with Crippen LogP contribution < -0.4 is 0 Å². The maximum Gasteiger partial charge on any atom is 0.256 e. The first kappa shape index (κ1) is 22.9. The second-order valence-electron chi connectivity index (χ2n) is 9.18. The van der Waals surface area contributed by atoms with Gasteiger partial charge in [0.05, 0.1) is 17.4 Å². The van der Waals surface area contributed by atoms with Crippen molar-refractivity contribution in [3.05, 3.63) is 95.4 Å². The van der Waals surface area contributed by atoms with E-state index in [0.717, 1.165) is 34.8 Å². The van der Waals surface area contributed by atoms with Gasteiger partial charge in [0.1, 0.15) is 5.82 Å². The van der Waals surface area contributed by atoms with Crippen molar-refractivity contribution in [2.45, 2.75) is 25.4 Å². The number of rotatable bonds is 7. The molecule has 0 aliphatic carbocycles. The minimum atomic E-state index is -0.493. The monoisotopic (exact) mass is 499 g/mol. The molecule has 1 amide bonds. The first-order valence-corrected chi connectivity index (χ1v) is 13.1. The zero-order valence-corrected chi connectivity index (χ0v) is 20.6. The molecule has 3 aromatic carbocycles. The summed E-state index contributed by atoms with van der Waals surface area (Å²) in [5.74, 6) is -0.787. The van der Waals surface area contributed by atoms with E-state index in [4.69, 9.17) is 9.72 Å². The maximum atomic E-state index is 14.4. The Hall–Kier alpha value is -3.55. The van der Waals surface area contributed by atoms with Crippen LogP contribution in [-0.2, 0) is 11.2 Å². The highest BCUT2D eigenvalue weighted by molar-refractivity contribution is 7.15. The smallest absolute Gasteiger partial charge is 0.256 e. The highest BCUT2D eigenvalue weighted by Crippen LogP contribution is 2.27. The van der Waals surface area contributed by atoms with E-state index in [9.17, 15) is 9.18 Å². The van der Waals surface area contributed by atoms with Gasteiger partial charge in [0.2, 0.25) is 0 Å². The Labute approximate surface area is 212 Å². The third-order valence-electron chi connectivity index (χ3n) is 6.81. The molecule has 5 aromatic rings. The van der Waals surface area contributed by atoms with Crippen molar-refractivity contribution in [2.24, 2.45) is 0 Å². The molecule has 0 radical (unpaired) electrons. The number of hydrogen-bond acceptors (Lipinski definition) is 4. The Morgan fingerprint density at radius 2 is 1.94 bits per heavy atom.